The minimum absolute atomic E-state index is 0.0391. The van der Waals surface area contributed by atoms with E-state index in [1.165, 1.54) is 6.42 Å². The molecule has 1 saturated carbocycles. The summed E-state index contributed by atoms with van der Waals surface area (Å²) in [5, 5.41) is 13.2. The van der Waals surface area contributed by atoms with Gasteiger partial charge in [0.1, 0.15) is 0 Å². The fraction of sp³-hybridized carbons (Fsp3) is 1.00. The summed E-state index contributed by atoms with van der Waals surface area (Å²) in [6.07, 6.45) is 3.13. The van der Waals surface area contributed by atoms with Gasteiger partial charge in [-0.1, -0.05) is 13.8 Å². The molecule has 0 spiro atoms. The maximum atomic E-state index is 9.60. The van der Waals surface area contributed by atoms with Gasteiger partial charge in [-0.2, -0.15) is 0 Å². The Morgan fingerprint density at radius 2 is 2.21 bits per heavy atom. The van der Waals surface area contributed by atoms with Crippen LogP contribution in [0.3, 0.4) is 0 Å². The Bertz CT molecular complexity index is 199. The van der Waals surface area contributed by atoms with E-state index in [9.17, 15) is 5.11 Å². The molecule has 3 nitrogen and oxygen atoms in total. The summed E-state index contributed by atoms with van der Waals surface area (Å²) in [6, 6.07) is 0.963. The monoisotopic (exact) mass is 199 g/mol. The van der Waals surface area contributed by atoms with E-state index in [2.05, 4.69) is 19.2 Å². The van der Waals surface area contributed by atoms with Crippen molar-refractivity contribution in [1.29, 1.82) is 0 Å². The summed E-state index contributed by atoms with van der Waals surface area (Å²) in [5.41, 5.74) is 0.0391. The van der Waals surface area contributed by atoms with Gasteiger partial charge in [-0.15, -0.1) is 0 Å². The average molecular weight is 199 g/mol. The van der Waals surface area contributed by atoms with Gasteiger partial charge in [0, 0.05) is 24.1 Å². The van der Waals surface area contributed by atoms with E-state index < -0.39 is 0 Å². The van der Waals surface area contributed by atoms with E-state index in [0.29, 0.717) is 12.1 Å². The normalized spacial score (nSPS) is 41.8. The highest BCUT2D eigenvalue weighted by atomic mass is 16.5. The highest BCUT2D eigenvalue weighted by Gasteiger charge is 2.47. The summed E-state index contributed by atoms with van der Waals surface area (Å²) in [6.45, 7) is 6.00. The predicted molar refractivity (Wildman–Crippen MR) is 55.2 cm³/mol. The lowest BCUT2D eigenvalue weighted by atomic mass is 9.64. The highest BCUT2D eigenvalue weighted by Crippen LogP contribution is 2.40. The maximum Gasteiger partial charge on any atom is 0.0621 e. The molecular weight excluding hydrogens is 178 g/mol. The summed E-state index contributed by atoms with van der Waals surface area (Å²) in [4.78, 5) is 0. The molecule has 1 aliphatic heterocycles. The van der Waals surface area contributed by atoms with Crippen molar-refractivity contribution in [1.82, 2.24) is 5.32 Å². The molecule has 3 atom stereocenters. The molecule has 3 heteroatoms. The number of ether oxygens (including phenoxy) is 1. The van der Waals surface area contributed by atoms with Gasteiger partial charge in [-0.05, 0) is 19.3 Å². The molecule has 2 aliphatic rings. The Hall–Kier alpha value is -0.120. The first-order chi connectivity index (χ1) is 6.60. The van der Waals surface area contributed by atoms with Gasteiger partial charge < -0.3 is 15.2 Å². The highest BCUT2D eigenvalue weighted by molar-refractivity contribution is 5.02. The molecule has 1 heterocycles. The molecule has 1 aliphatic carbocycles. The van der Waals surface area contributed by atoms with Crippen molar-refractivity contribution < 1.29 is 9.84 Å². The summed E-state index contributed by atoms with van der Waals surface area (Å²) >= 11 is 0. The lowest BCUT2D eigenvalue weighted by molar-refractivity contribution is -0.0816. The fourth-order valence-electron chi connectivity index (χ4n) is 2.34. The van der Waals surface area contributed by atoms with E-state index in [1.807, 2.05) is 0 Å². The zero-order chi connectivity index (χ0) is 10.2. The molecule has 0 bridgehead atoms. The third kappa shape index (κ3) is 1.81. The molecule has 2 N–H and O–H groups in total. The van der Waals surface area contributed by atoms with Crippen molar-refractivity contribution in [2.75, 3.05) is 13.2 Å². The first-order valence-electron chi connectivity index (χ1n) is 5.62. The first-order valence-corrected chi connectivity index (χ1v) is 5.62. The molecule has 0 aromatic carbocycles. The van der Waals surface area contributed by atoms with Crippen LogP contribution in [0.2, 0.25) is 0 Å². The predicted octanol–water partition coefficient (Wildman–Crippen LogP) is 0.914. The molecule has 3 unspecified atom stereocenters. The van der Waals surface area contributed by atoms with Crippen molar-refractivity contribution in [3.8, 4) is 0 Å². The number of aliphatic hydroxyl groups is 1. The van der Waals surface area contributed by atoms with E-state index in [4.69, 9.17) is 4.74 Å². The van der Waals surface area contributed by atoms with Gasteiger partial charge in [0.25, 0.3) is 0 Å². The Labute approximate surface area is 85.8 Å². The molecule has 2 fully saturated rings. The smallest absolute Gasteiger partial charge is 0.0621 e. The largest absolute Gasteiger partial charge is 0.392 e. The second kappa shape index (κ2) is 3.80. The van der Waals surface area contributed by atoms with Gasteiger partial charge in [0.2, 0.25) is 0 Å². The minimum Gasteiger partial charge on any atom is -0.392 e. The molecule has 1 saturated heterocycles. The number of aliphatic hydroxyl groups excluding tert-OH is 1. The van der Waals surface area contributed by atoms with Crippen LogP contribution in [0.25, 0.3) is 0 Å². The molecule has 0 aromatic rings. The van der Waals surface area contributed by atoms with Crippen LogP contribution >= 0.6 is 0 Å². The van der Waals surface area contributed by atoms with Gasteiger partial charge in [0.15, 0.2) is 0 Å². The van der Waals surface area contributed by atoms with Crippen molar-refractivity contribution >= 4 is 0 Å². The topological polar surface area (TPSA) is 41.5 Å². The van der Waals surface area contributed by atoms with Gasteiger partial charge >= 0.3 is 0 Å². The number of rotatable bonds is 2. The molecule has 2 rings (SSSR count). The van der Waals surface area contributed by atoms with E-state index in [-0.39, 0.29) is 11.5 Å². The summed E-state index contributed by atoms with van der Waals surface area (Å²) in [7, 11) is 0. The lowest BCUT2D eigenvalue weighted by Gasteiger charge is -2.51. The molecule has 14 heavy (non-hydrogen) atoms. The van der Waals surface area contributed by atoms with Crippen molar-refractivity contribution in [2.45, 2.75) is 51.3 Å². The number of hydrogen-bond donors (Lipinski definition) is 2. The van der Waals surface area contributed by atoms with Crippen LogP contribution in [0.15, 0.2) is 0 Å². The van der Waals surface area contributed by atoms with Crippen molar-refractivity contribution in [3.05, 3.63) is 0 Å². The third-order valence-corrected chi connectivity index (χ3v) is 3.81. The average Bonchev–Trinajstić information content (AvgIpc) is 2.19. The van der Waals surface area contributed by atoms with E-state index in [0.717, 1.165) is 26.1 Å². The number of hydrogen-bond acceptors (Lipinski definition) is 3. The zero-order valence-corrected chi connectivity index (χ0v) is 9.12. The standard InChI is InChI=1S/C11H21NO2/c1-11(2)9(6-10(11)13)12-8-4-3-5-14-7-8/h8-10,12-13H,3-7H2,1-2H3. The second-order valence-corrected chi connectivity index (χ2v) is 5.21. The third-order valence-electron chi connectivity index (χ3n) is 3.81. The van der Waals surface area contributed by atoms with E-state index >= 15 is 0 Å². The SMILES string of the molecule is CC1(C)C(O)CC1NC1CCCOC1. The maximum absolute atomic E-state index is 9.60. The van der Waals surface area contributed by atoms with Crippen LogP contribution in [0.5, 0.6) is 0 Å². The zero-order valence-electron chi connectivity index (χ0n) is 9.12. The lowest BCUT2D eigenvalue weighted by Crippen LogP contribution is -2.62. The Balaban J connectivity index is 1.80. The molecular formula is C11H21NO2. The van der Waals surface area contributed by atoms with Crippen LogP contribution < -0.4 is 5.32 Å². The second-order valence-electron chi connectivity index (χ2n) is 5.21. The number of nitrogens with one attached hydrogen (secondary N) is 1. The fourth-order valence-corrected chi connectivity index (χ4v) is 2.34. The molecule has 0 radical (unpaired) electrons. The molecule has 82 valence electrons. The Morgan fingerprint density at radius 1 is 1.43 bits per heavy atom. The van der Waals surface area contributed by atoms with Crippen LogP contribution in [0, 0.1) is 5.41 Å². The van der Waals surface area contributed by atoms with Gasteiger partial charge in [-0.25, -0.2) is 0 Å². The Kier molecular flexibility index (Phi) is 2.82. The first kappa shape index (κ1) is 10.4. The summed E-state index contributed by atoms with van der Waals surface area (Å²) < 4.78 is 5.42. The van der Waals surface area contributed by atoms with Gasteiger partial charge in [-0.3, -0.25) is 0 Å². The Morgan fingerprint density at radius 3 is 2.71 bits per heavy atom. The van der Waals surface area contributed by atoms with Crippen LogP contribution in [-0.2, 0) is 4.74 Å². The minimum atomic E-state index is -0.135. The quantitative estimate of drug-likeness (QED) is 0.694. The van der Waals surface area contributed by atoms with E-state index in [1.54, 1.807) is 0 Å². The van der Waals surface area contributed by atoms with Crippen molar-refractivity contribution in [2.24, 2.45) is 5.41 Å². The summed E-state index contributed by atoms with van der Waals surface area (Å²) in [5.74, 6) is 0. The molecule has 0 aromatic heterocycles. The van der Waals surface area contributed by atoms with Crippen molar-refractivity contribution in [3.63, 3.8) is 0 Å². The van der Waals surface area contributed by atoms with Gasteiger partial charge in [0.05, 0.1) is 12.7 Å². The van der Waals surface area contributed by atoms with Crippen LogP contribution in [-0.4, -0.2) is 36.5 Å². The molecule has 0 amide bonds. The van der Waals surface area contributed by atoms with Crippen LogP contribution in [0.4, 0.5) is 0 Å². The van der Waals surface area contributed by atoms with Crippen LogP contribution in [0.1, 0.15) is 33.1 Å².